The summed E-state index contributed by atoms with van der Waals surface area (Å²) < 4.78 is 26.4. The summed E-state index contributed by atoms with van der Waals surface area (Å²) in [5, 5.41) is 10.0. The van der Waals surface area contributed by atoms with E-state index >= 15 is 0 Å². The number of para-hydroxylation sites is 1. The van der Waals surface area contributed by atoms with Crippen molar-refractivity contribution >= 4 is 37.1 Å². The van der Waals surface area contributed by atoms with Crippen LogP contribution in [0.2, 0.25) is 0 Å². The van der Waals surface area contributed by atoms with Crippen molar-refractivity contribution in [2.24, 2.45) is 5.92 Å². The highest BCUT2D eigenvalue weighted by molar-refractivity contribution is 9.10. The Hall–Kier alpha value is -1.53. The lowest BCUT2D eigenvalue weighted by Crippen LogP contribution is -2.26. The number of unbranched alkanes of at least 4 members (excludes halogenated alkanes) is 1. The Kier molecular flexibility index (Phi) is 5.39. The molecule has 0 bridgehead atoms. The van der Waals surface area contributed by atoms with Crippen molar-refractivity contribution in [3.63, 3.8) is 0 Å². The number of phenols is 1. The Labute approximate surface area is 157 Å². The number of aromatic hydroxyl groups is 1. The van der Waals surface area contributed by atoms with E-state index in [1.54, 1.807) is 6.07 Å². The smallest absolute Gasteiger partial charge is 0.180 e. The second-order valence-electron chi connectivity index (χ2n) is 6.51. The van der Waals surface area contributed by atoms with Gasteiger partial charge in [0.15, 0.2) is 9.84 Å². The molecule has 6 heteroatoms. The molecule has 0 aliphatic carbocycles. The first-order chi connectivity index (χ1) is 11.9. The summed E-state index contributed by atoms with van der Waals surface area (Å²) in [5.74, 6) is 0.116. The molecule has 134 valence electrons. The number of fused-ring (bicyclic) bond motifs is 1. The van der Waals surface area contributed by atoms with Crippen LogP contribution in [-0.4, -0.2) is 25.8 Å². The number of hydrogen-bond acceptors (Lipinski definition) is 4. The SMILES string of the molecule is CCCC[C@H]1CN(c2ccccc2)c2cc(Br)c(O)cc2S(=O)(=O)C1. The summed E-state index contributed by atoms with van der Waals surface area (Å²) in [4.78, 5) is 2.26. The van der Waals surface area contributed by atoms with Crippen LogP contribution < -0.4 is 4.90 Å². The zero-order valence-electron chi connectivity index (χ0n) is 14.2. The van der Waals surface area contributed by atoms with Gasteiger partial charge in [-0.2, -0.15) is 0 Å². The Morgan fingerprint density at radius 1 is 1.24 bits per heavy atom. The molecule has 2 aromatic rings. The van der Waals surface area contributed by atoms with Gasteiger partial charge in [0.2, 0.25) is 0 Å². The van der Waals surface area contributed by atoms with Crippen LogP contribution in [0.1, 0.15) is 26.2 Å². The van der Waals surface area contributed by atoms with Gasteiger partial charge >= 0.3 is 0 Å². The van der Waals surface area contributed by atoms with E-state index in [2.05, 4.69) is 27.8 Å². The molecule has 25 heavy (non-hydrogen) atoms. The number of rotatable bonds is 4. The van der Waals surface area contributed by atoms with E-state index in [-0.39, 0.29) is 22.3 Å². The first-order valence-corrected chi connectivity index (χ1v) is 10.9. The third-order valence-corrected chi connectivity index (χ3v) is 7.13. The van der Waals surface area contributed by atoms with Crippen LogP contribution in [0.25, 0.3) is 0 Å². The van der Waals surface area contributed by atoms with Gasteiger partial charge < -0.3 is 10.0 Å². The lowest BCUT2D eigenvalue weighted by atomic mass is 10.0. The van der Waals surface area contributed by atoms with Gasteiger partial charge in [-0.1, -0.05) is 38.0 Å². The Bertz CT molecular complexity index is 852. The molecule has 0 radical (unpaired) electrons. The van der Waals surface area contributed by atoms with Crippen molar-refractivity contribution in [3.05, 3.63) is 46.9 Å². The average Bonchev–Trinajstić information content (AvgIpc) is 2.69. The van der Waals surface area contributed by atoms with E-state index in [0.717, 1.165) is 24.9 Å². The molecule has 0 saturated carbocycles. The van der Waals surface area contributed by atoms with Crippen molar-refractivity contribution < 1.29 is 13.5 Å². The summed E-state index contributed by atoms with van der Waals surface area (Å²) in [6.07, 6.45) is 2.93. The number of nitrogens with zero attached hydrogens (tertiary/aromatic N) is 1. The molecule has 0 amide bonds. The van der Waals surface area contributed by atoms with Crippen LogP contribution in [-0.2, 0) is 9.84 Å². The molecule has 0 unspecified atom stereocenters. The minimum atomic E-state index is -3.46. The second-order valence-corrected chi connectivity index (χ2v) is 9.36. The summed E-state index contributed by atoms with van der Waals surface area (Å²) in [7, 11) is -3.46. The standard InChI is InChI=1S/C19H22BrNO3S/c1-2-3-7-14-12-21(15-8-5-4-6-9-15)17-10-16(20)18(22)11-19(17)25(23,24)13-14/h4-6,8-11,14,22H,2-3,7,12-13H2,1H3/t14-/m0/s1. The Morgan fingerprint density at radius 3 is 2.64 bits per heavy atom. The van der Waals surface area contributed by atoms with Crippen molar-refractivity contribution in [2.75, 3.05) is 17.2 Å². The first-order valence-electron chi connectivity index (χ1n) is 8.50. The third kappa shape index (κ3) is 3.85. The van der Waals surface area contributed by atoms with Gasteiger partial charge in [-0.15, -0.1) is 0 Å². The van der Waals surface area contributed by atoms with Gasteiger partial charge in [-0.25, -0.2) is 8.42 Å². The highest BCUT2D eigenvalue weighted by Crippen LogP contribution is 2.42. The van der Waals surface area contributed by atoms with Gasteiger partial charge in [0.25, 0.3) is 0 Å². The van der Waals surface area contributed by atoms with Crippen LogP contribution in [0, 0.1) is 5.92 Å². The number of benzene rings is 2. The first kappa shape index (κ1) is 18.3. The number of halogens is 1. The predicted molar refractivity (Wildman–Crippen MR) is 104 cm³/mol. The van der Waals surface area contributed by atoms with Gasteiger partial charge in [0.1, 0.15) is 5.75 Å². The summed E-state index contributed by atoms with van der Waals surface area (Å²) >= 11 is 3.32. The quantitative estimate of drug-likeness (QED) is 0.760. The molecule has 1 heterocycles. The van der Waals surface area contributed by atoms with Crippen molar-refractivity contribution in [1.29, 1.82) is 0 Å². The Morgan fingerprint density at radius 2 is 1.96 bits per heavy atom. The van der Waals surface area contributed by atoms with E-state index in [4.69, 9.17) is 0 Å². The van der Waals surface area contributed by atoms with Crippen LogP contribution in [0.4, 0.5) is 11.4 Å². The van der Waals surface area contributed by atoms with Crippen molar-refractivity contribution in [1.82, 2.24) is 0 Å². The molecule has 0 saturated heterocycles. The second kappa shape index (κ2) is 7.38. The molecule has 0 fully saturated rings. The molecular formula is C19H22BrNO3S. The maximum Gasteiger partial charge on any atom is 0.180 e. The van der Waals surface area contributed by atoms with Crippen molar-refractivity contribution in [3.8, 4) is 5.75 Å². The van der Waals surface area contributed by atoms with Crippen LogP contribution >= 0.6 is 15.9 Å². The van der Waals surface area contributed by atoms with Gasteiger partial charge in [0.05, 0.1) is 20.8 Å². The third-order valence-electron chi connectivity index (χ3n) is 4.58. The highest BCUT2D eigenvalue weighted by atomic mass is 79.9. The van der Waals surface area contributed by atoms with E-state index < -0.39 is 9.84 Å². The minimum Gasteiger partial charge on any atom is -0.507 e. The van der Waals surface area contributed by atoms with E-state index in [1.165, 1.54) is 6.07 Å². The fourth-order valence-electron chi connectivity index (χ4n) is 3.32. The van der Waals surface area contributed by atoms with E-state index in [9.17, 15) is 13.5 Å². The fraction of sp³-hybridized carbons (Fsp3) is 0.368. The predicted octanol–water partition coefficient (Wildman–Crippen LogP) is 4.89. The largest absolute Gasteiger partial charge is 0.507 e. The number of sulfone groups is 1. The zero-order valence-corrected chi connectivity index (χ0v) is 16.6. The average molecular weight is 424 g/mol. The highest BCUT2D eigenvalue weighted by Gasteiger charge is 2.33. The summed E-state index contributed by atoms with van der Waals surface area (Å²) in [6, 6.07) is 12.9. The summed E-state index contributed by atoms with van der Waals surface area (Å²) in [5.41, 5.74) is 1.58. The molecule has 1 atom stereocenters. The number of anilines is 2. The normalized spacial score (nSPS) is 19.3. The summed E-state index contributed by atoms with van der Waals surface area (Å²) in [6.45, 7) is 2.76. The van der Waals surface area contributed by atoms with Crippen molar-refractivity contribution in [2.45, 2.75) is 31.1 Å². The molecule has 0 spiro atoms. The minimum absolute atomic E-state index is 0.0534. The fourth-order valence-corrected chi connectivity index (χ4v) is 5.50. The zero-order chi connectivity index (χ0) is 18.0. The number of phenolic OH excluding ortho intramolecular Hbond substituents is 1. The molecule has 0 aromatic heterocycles. The Balaban J connectivity index is 2.16. The van der Waals surface area contributed by atoms with Crippen LogP contribution in [0.15, 0.2) is 51.8 Å². The lowest BCUT2D eigenvalue weighted by Gasteiger charge is -2.27. The lowest BCUT2D eigenvalue weighted by molar-refractivity contribution is 0.470. The molecule has 2 aromatic carbocycles. The molecule has 4 nitrogen and oxygen atoms in total. The molecular weight excluding hydrogens is 402 g/mol. The maximum absolute atomic E-state index is 13.0. The topological polar surface area (TPSA) is 57.6 Å². The molecule has 3 rings (SSSR count). The number of hydrogen-bond donors (Lipinski definition) is 1. The maximum atomic E-state index is 13.0. The van der Waals surface area contributed by atoms with E-state index in [0.29, 0.717) is 16.7 Å². The molecule has 1 aliphatic rings. The van der Waals surface area contributed by atoms with E-state index in [1.807, 2.05) is 30.3 Å². The van der Waals surface area contributed by atoms with Crippen LogP contribution in [0.5, 0.6) is 5.75 Å². The van der Waals surface area contributed by atoms with Gasteiger partial charge in [-0.05, 0) is 46.5 Å². The molecule has 1 aliphatic heterocycles. The van der Waals surface area contributed by atoms with Gasteiger partial charge in [0, 0.05) is 18.3 Å². The molecule has 1 N–H and O–H groups in total. The van der Waals surface area contributed by atoms with Crippen LogP contribution in [0.3, 0.4) is 0 Å². The monoisotopic (exact) mass is 423 g/mol. The van der Waals surface area contributed by atoms with Gasteiger partial charge in [-0.3, -0.25) is 0 Å².